The van der Waals surface area contributed by atoms with E-state index in [1.54, 1.807) is 0 Å². The average molecular weight is 302 g/mol. The number of aromatic nitrogens is 3. The van der Waals surface area contributed by atoms with Gasteiger partial charge in [-0.1, -0.05) is 41.6 Å². The number of H-pyrrole nitrogens is 1. The Morgan fingerprint density at radius 1 is 1.38 bits per heavy atom. The molecular weight excluding hydrogens is 284 g/mol. The summed E-state index contributed by atoms with van der Waals surface area (Å²) < 4.78 is 0. The zero-order chi connectivity index (χ0) is 14.8. The molecule has 21 heavy (non-hydrogen) atoms. The number of aryl methyl sites for hydroxylation is 1. The molecule has 1 aliphatic rings. The fraction of sp³-hybridized carbons (Fsp3) is 0.400. The highest BCUT2D eigenvalue weighted by Crippen LogP contribution is 2.24. The van der Waals surface area contributed by atoms with Crippen LogP contribution in [0, 0.1) is 6.92 Å². The van der Waals surface area contributed by atoms with Crippen molar-refractivity contribution < 1.29 is 4.79 Å². The summed E-state index contributed by atoms with van der Waals surface area (Å²) in [4.78, 5) is 16.4. The van der Waals surface area contributed by atoms with E-state index in [1.165, 1.54) is 17.3 Å². The van der Waals surface area contributed by atoms with Crippen LogP contribution in [0.2, 0.25) is 0 Å². The van der Waals surface area contributed by atoms with Crippen molar-refractivity contribution in [3.63, 3.8) is 0 Å². The first kappa shape index (κ1) is 14.1. The van der Waals surface area contributed by atoms with Crippen molar-refractivity contribution in [1.82, 2.24) is 20.5 Å². The summed E-state index contributed by atoms with van der Waals surface area (Å²) >= 11 is 1.37. The van der Waals surface area contributed by atoms with Gasteiger partial charge in [0, 0.05) is 11.6 Å². The second-order valence-electron chi connectivity index (χ2n) is 5.38. The van der Waals surface area contributed by atoms with Crippen molar-refractivity contribution in [3.8, 4) is 11.4 Å². The molecule has 1 aromatic heterocycles. The second-order valence-corrected chi connectivity index (χ2v) is 6.68. The van der Waals surface area contributed by atoms with E-state index in [1.807, 2.05) is 38.1 Å². The highest BCUT2D eigenvalue weighted by Gasteiger charge is 2.26. The number of benzene rings is 1. The van der Waals surface area contributed by atoms with E-state index in [4.69, 9.17) is 0 Å². The minimum absolute atomic E-state index is 0.0594. The number of carbonyl (C=O) groups excluding carboxylic acids is 1. The predicted octanol–water partition coefficient (Wildman–Crippen LogP) is 2.54. The molecule has 2 N–H and O–H groups in total. The van der Waals surface area contributed by atoms with Gasteiger partial charge in [-0.05, 0) is 26.7 Å². The van der Waals surface area contributed by atoms with Crippen LogP contribution in [-0.4, -0.2) is 32.4 Å². The van der Waals surface area contributed by atoms with E-state index in [0.29, 0.717) is 11.2 Å². The standard InChI is InChI=1S/C15H18N4OS/c1-9-3-5-11(6-4-9)13-17-15(19-18-13)21-10(2)14(20)16-12-7-8-12/h3-6,10,12H,7-8H2,1-2H3,(H,16,20)(H,17,18,19)/t10-/m1/s1. The van der Waals surface area contributed by atoms with Crippen LogP contribution < -0.4 is 5.32 Å². The molecule has 1 heterocycles. The molecule has 1 fully saturated rings. The first-order valence-corrected chi connectivity index (χ1v) is 7.96. The predicted molar refractivity (Wildman–Crippen MR) is 83.0 cm³/mol. The number of aromatic amines is 1. The summed E-state index contributed by atoms with van der Waals surface area (Å²) in [7, 11) is 0. The van der Waals surface area contributed by atoms with Crippen molar-refractivity contribution in [2.45, 2.75) is 43.1 Å². The Morgan fingerprint density at radius 2 is 2.10 bits per heavy atom. The van der Waals surface area contributed by atoms with Crippen LogP contribution in [0.25, 0.3) is 11.4 Å². The van der Waals surface area contributed by atoms with Gasteiger partial charge in [0.05, 0.1) is 5.25 Å². The number of carbonyl (C=O) groups is 1. The van der Waals surface area contributed by atoms with Crippen LogP contribution in [0.5, 0.6) is 0 Å². The minimum Gasteiger partial charge on any atom is -0.352 e. The maximum Gasteiger partial charge on any atom is 0.233 e. The van der Waals surface area contributed by atoms with Crippen LogP contribution in [0.4, 0.5) is 0 Å². The molecule has 6 heteroatoms. The highest BCUT2D eigenvalue weighted by atomic mass is 32.2. The Morgan fingerprint density at radius 3 is 2.76 bits per heavy atom. The first-order chi connectivity index (χ1) is 10.1. The Labute approximate surface area is 127 Å². The molecular formula is C15H18N4OS. The van der Waals surface area contributed by atoms with Crippen molar-refractivity contribution >= 4 is 17.7 Å². The number of thioether (sulfide) groups is 1. The summed E-state index contributed by atoms with van der Waals surface area (Å²) in [6.07, 6.45) is 2.20. The van der Waals surface area contributed by atoms with E-state index >= 15 is 0 Å². The topological polar surface area (TPSA) is 70.7 Å². The van der Waals surface area contributed by atoms with Gasteiger partial charge in [-0.15, -0.1) is 5.10 Å². The zero-order valence-corrected chi connectivity index (χ0v) is 12.9. The molecule has 1 amide bonds. The molecule has 2 aromatic rings. The molecule has 0 aliphatic heterocycles. The third-order valence-corrected chi connectivity index (χ3v) is 4.33. The van der Waals surface area contributed by atoms with E-state index in [0.717, 1.165) is 24.2 Å². The summed E-state index contributed by atoms with van der Waals surface area (Å²) in [5.74, 6) is 0.788. The van der Waals surface area contributed by atoms with Crippen LogP contribution in [0.15, 0.2) is 29.4 Å². The molecule has 110 valence electrons. The van der Waals surface area contributed by atoms with Gasteiger partial charge in [0.15, 0.2) is 5.82 Å². The van der Waals surface area contributed by atoms with E-state index in [2.05, 4.69) is 20.5 Å². The third kappa shape index (κ3) is 3.64. The first-order valence-electron chi connectivity index (χ1n) is 7.08. The summed E-state index contributed by atoms with van der Waals surface area (Å²) in [6.45, 7) is 3.93. The van der Waals surface area contributed by atoms with Gasteiger partial charge in [0.25, 0.3) is 0 Å². The number of nitrogens with zero attached hydrogens (tertiary/aromatic N) is 2. The molecule has 0 spiro atoms. The van der Waals surface area contributed by atoms with E-state index in [9.17, 15) is 4.79 Å². The zero-order valence-electron chi connectivity index (χ0n) is 12.1. The lowest BCUT2D eigenvalue weighted by Gasteiger charge is -2.08. The van der Waals surface area contributed by atoms with E-state index in [-0.39, 0.29) is 11.2 Å². The lowest BCUT2D eigenvalue weighted by Crippen LogP contribution is -2.32. The smallest absolute Gasteiger partial charge is 0.233 e. The van der Waals surface area contributed by atoms with Crippen molar-refractivity contribution in [2.75, 3.05) is 0 Å². The molecule has 1 atom stereocenters. The summed E-state index contributed by atoms with van der Waals surface area (Å²) in [6, 6.07) is 8.48. The van der Waals surface area contributed by atoms with Crippen LogP contribution in [0.1, 0.15) is 25.3 Å². The number of hydrogen-bond acceptors (Lipinski definition) is 4. The van der Waals surface area contributed by atoms with Crippen LogP contribution in [-0.2, 0) is 4.79 Å². The van der Waals surface area contributed by atoms with Gasteiger partial charge in [-0.3, -0.25) is 9.89 Å². The maximum atomic E-state index is 11.9. The van der Waals surface area contributed by atoms with Gasteiger partial charge in [0.2, 0.25) is 11.1 Å². The van der Waals surface area contributed by atoms with Gasteiger partial charge in [0.1, 0.15) is 0 Å². The molecule has 5 nitrogen and oxygen atoms in total. The molecule has 1 aromatic carbocycles. The average Bonchev–Trinajstić information content (AvgIpc) is 3.16. The van der Waals surface area contributed by atoms with Crippen LogP contribution in [0.3, 0.4) is 0 Å². The van der Waals surface area contributed by atoms with Gasteiger partial charge in [-0.2, -0.15) is 0 Å². The van der Waals surface area contributed by atoms with Crippen molar-refractivity contribution in [1.29, 1.82) is 0 Å². The normalized spacial score (nSPS) is 15.7. The Bertz CT molecular complexity index is 633. The number of amides is 1. The molecule has 0 unspecified atom stereocenters. The Hall–Kier alpha value is -1.82. The van der Waals surface area contributed by atoms with Crippen LogP contribution >= 0.6 is 11.8 Å². The second kappa shape index (κ2) is 5.89. The molecule has 3 rings (SSSR count). The SMILES string of the molecule is Cc1ccc(-c2nc(S[C@H](C)C(=O)NC3CC3)n[nH]2)cc1. The molecule has 1 saturated carbocycles. The highest BCUT2D eigenvalue weighted by molar-refractivity contribution is 8.00. The molecule has 1 aliphatic carbocycles. The van der Waals surface area contributed by atoms with E-state index < -0.39 is 0 Å². The fourth-order valence-electron chi connectivity index (χ4n) is 1.90. The lowest BCUT2D eigenvalue weighted by molar-refractivity contribution is -0.120. The Balaban J connectivity index is 1.64. The summed E-state index contributed by atoms with van der Waals surface area (Å²) in [5.41, 5.74) is 2.20. The number of rotatable bonds is 5. The third-order valence-electron chi connectivity index (χ3n) is 3.37. The minimum atomic E-state index is -0.188. The molecule has 0 saturated heterocycles. The van der Waals surface area contributed by atoms with Gasteiger partial charge < -0.3 is 5.32 Å². The number of hydrogen-bond donors (Lipinski definition) is 2. The quantitative estimate of drug-likeness (QED) is 0.833. The van der Waals surface area contributed by atoms with Gasteiger partial charge >= 0.3 is 0 Å². The Kier molecular flexibility index (Phi) is 3.96. The number of nitrogens with one attached hydrogen (secondary N) is 2. The van der Waals surface area contributed by atoms with Gasteiger partial charge in [-0.25, -0.2) is 4.98 Å². The maximum absolute atomic E-state index is 11.9. The fourth-order valence-corrected chi connectivity index (χ4v) is 2.63. The summed E-state index contributed by atoms with van der Waals surface area (Å²) in [5, 5.41) is 10.5. The largest absolute Gasteiger partial charge is 0.352 e. The monoisotopic (exact) mass is 302 g/mol. The lowest BCUT2D eigenvalue weighted by atomic mass is 10.1. The molecule has 0 bridgehead atoms. The molecule has 0 radical (unpaired) electrons. The van der Waals surface area contributed by atoms with Crippen molar-refractivity contribution in [2.24, 2.45) is 0 Å². The van der Waals surface area contributed by atoms with Crippen molar-refractivity contribution in [3.05, 3.63) is 29.8 Å².